The van der Waals surface area contributed by atoms with Gasteiger partial charge in [0, 0.05) is 55.2 Å². The molecule has 2 heterocycles. The fraction of sp³-hybridized carbons (Fsp3) is 0.258. The van der Waals surface area contributed by atoms with Crippen LogP contribution >= 0.6 is 0 Å². The van der Waals surface area contributed by atoms with Crippen LogP contribution in [0.1, 0.15) is 34.0 Å². The summed E-state index contributed by atoms with van der Waals surface area (Å²) >= 11 is 0. The van der Waals surface area contributed by atoms with Gasteiger partial charge in [0.05, 0.1) is 11.4 Å². The Balaban J connectivity index is 1.29. The number of hydrogen-bond donors (Lipinski definition) is 3. The van der Waals surface area contributed by atoms with E-state index in [0.29, 0.717) is 6.04 Å². The van der Waals surface area contributed by atoms with Gasteiger partial charge in [0.1, 0.15) is 5.82 Å². The van der Waals surface area contributed by atoms with Gasteiger partial charge >= 0.3 is 0 Å². The van der Waals surface area contributed by atoms with Gasteiger partial charge in [-0.2, -0.15) is 0 Å². The second-order valence-corrected chi connectivity index (χ2v) is 10.0. The first-order chi connectivity index (χ1) is 18.9. The number of aryl methyl sites for hydroxylation is 2. The van der Waals surface area contributed by atoms with Crippen LogP contribution in [0.4, 0.5) is 21.7 Å². The molecule has 7 nitrogen and oxygen atoms in total. The number of aromatic nitrogens is 2. The third kappa shape index (κ3) is 6.30. The average Bonchev–Trinajstić information content (AvgIpc) is 2.94. The lowest BCUT2D eigenvalue weighted by atomic mass is 10.1. The molecule has 1 unspecified atom stereocenters. The summed E-state index contributed by atoms with van der Waals surface area (Å²) in [6.07, 6.45) is 1.71. The predicted octanol–water partition coefficient (Wildman–Crippen LogP) is 5.69. The number of carbonyl (C=O) groups is 1. The molecule has 200 valence electrons. The van der Waals surface area contributed by atoms with Gasteiger partial charge in [0.15, 0.2) is 0 Å². The summed E-state index contributed by atoms with van der Waals surface area (Å²) in [5, 5.41) is 9.32. The highest BCUT2D eigenvalue weighted by atomic mass is 19.1. The average molecular weight is 525 g/mol. The first kappa shape index (κ1) is 26.5. The molecular formula is C31H33FN6O. The molecule has 1 aliphatic rings. The first-order valence-electron chi connectivity index (χ1n) is 13.2. The molecule has 0 saturated carbocycles. The summed E-state index contributed by atoms with van der Waals surface area (Å²) < 4.78 is 15.1. The van der Waals surface area contributed by atoms with Crippen LogP contribution in [0.2, 0.25) is 0 Å². The predicted molar refractivity (Wildman–Crippen MR) is 154 cm³/mol. The molecule has 1 aliphatic heterocycles. The maximum Gasteiger partial charge on any atom is 0.255 e. The Morgan fingerprint density at radius 3 is 2.64 bits per heavy atom. The van der Waals surface area contributed by atoms with Gasteiger partial charge in [-0.05, 0) is 61.7 Å². The lowest BCUT2D eigenvalue weighted by Gasteiger charge is -2.34. The Labute approximate surface area is 228 Å². The van der Waals surface area contributed by atoms with Crippen LogP contribution in [-0.4, -0.2) is 46.5 Å². The van der Waals surface area contributed by atoms with Crippen molar-refractivity contribution in [2.75, 3.05) is 30.3 Å². The number of benzene rings is 3. The van der Waals surface area contributed by atoms with Gasteiger partial charge < -0.3 is 16.0 Å². The van der Waals surface area contributed by atoms with Crippen LogP contribution in [0.15, 0.2) is 72.9 Å². The Morgan fingerprint density at radius 2 is 1.87 bits per heavy atom. The molecule has 5 rings (SSSR count). The van der Waals surface area contributed by atoms with E-state index in [9.17, 15) is 4.79 Å². The highest BCUT2D eigenvalue weighted by molar-refractivity contribution is 6.05. The minimum absolute atomic E-state index is 0.192. The third-order valence-corrected chi connectivity index (χ3v) is 7.07. The smallest absolute Gasteiger partial charge is 0.255 e. The third-order valence-electron chi connectivity index (χ3n) is 7.07. The summed E-state index contributed by atoms with van der Waals surface area (Å²) in [5.74, 6) is -0.651. The second-order valence-electron chi connectivity index (χ2n) is 10.0. The molecule has 3 N–H and O–H groups in total. The van der Waals surface area contributed by atoms with Crippen molar-refractivity contribution in [2.45, 2.75) is 33.4 Å². The van der Waals surface area contributed by atoms with Gasteiger partial charge in [-0.15, -0.1) is 0 Å². The molecular weight excluding hydrogens is 491 g/mol. The number of piperazine rings is 1. The van der Waals surface area contributed by atoms with E-state index in [1.807, 2.05) is 56.3 Å². The number of anilines is 3. The maximum absolute atomic E-state index is 15.1. The van der Waals surface area contributed by atoms with E-state index >= 15 is 4.39 Å². The van der Waals surface area contributed by atoms with Crippen molar-refractivity contribution in [3.05, 3.63) is 101 Å². The zero-order valence-corrected chi connectivity index (χ0v) is 22.5. The number of amides is 1. The number of nitrogens with zero attached hydrogens (tertiary/aromatic N) is 3. The molecule has 4 aromatic rings. The molecule has 0 aliphatic carbocycles. The van der Waals surface area contributed by atoms with Crippen LogP contribution in [0.25, 0.3) is 11.3 Å². The molecule has 39 heavy (non-hydrogen) atoms. The number of rotatable bonds is 7. The van der Waals surface area contributed by atoms with Crippen molar-refractivity contribution < 1.29 is 9.18 Å². The highest BCUT2D eigenvalue weighted by Crippen LogP contribution is 2.25. The first-order valence-corrected chi connectivity index (χ1v) is 13.2. The van der Waals surface area contributed by atoms with Crippen LogP contribution in [0.5, 0.6) is 0 Å². The SMILES string of the molecule is Cc1ccc(CN2CCNCC2C)cc1NC(=O)c1ccc(Nc2ncc(C)c(-c3ccccc3)n2)c(F)c1. The van der Waals surface area contributed by atoms with Gasteiger partial charge in [0.2, 0.25) is 5.95 Å². The number of halogens is 1. The van der Waals surface area contributed by atoms with Gasteiger partial charge in [-0.1, -0.05) is 42.5 Å². The number of hydrogen-bond acceptors (Lipinski definition) is 6. The van der Waals surface area contributed by atoms with Gasteiger partial charge in [0.25, 0.3) is 5.91 Å². The lowest BCUT2D eigenvalue weighted by Crippen LogP contribution is -2.49. The minimum atomic E-state index is -0.564. The molecule has 1 amide bonds. The Hall–Kier alpha value is -4.14. The fourth-order valence-electron chi connectivity index (χ4n) is 4.72. The van der Waals surface area contributed by atoms with Crippen molar-refractivity contribution >= 4 is 23.2 Å². The van der Waals surface area contributed by atoms with Crippen molar-refractivity contribution in [3.8, 4) is 11.3 Å². The quantitative estimate of drug-likeness (QED) is 0.288. The Bertz CT molecular complexity index is 1480. The van der Waals surface area contributed by atoms with Gasteiger partial charge in [-0.25, -0.2) is 14.4 Å². The van der Waals surface area contributed by atoms with Crippen LogP contribution in [-0.2, 0) is 6.54 Å². The topological polar surface area (TPSA) is 82.2 Å². The molecule has 0 bridgehead atoms. The van der Waals surface area contributed by atoms with E-state index in [2.05, 4.69) is 43.8 Å². The van der Waals surface area contributed by atoms with E-state index in [1.165, 1.54) is 12.1 Å². The van der Waals surface area contributed by atoms with E-state index in [0.717, 1.165) is 59.8 Å². The summed E-state index contributed by atoms with van der Waals surface area (Å²) in [6, 6.07) is 20.7. The second kappa shape index (κ2) is 11.7. The van der Waals surface area contributed by atoms with Crippen LogP contribution in [0.3, 0.4) is 0 Å². The zero-order valence-electron chi connectivity index (χ0n) is 22.5. The zero-order chi connectivity index (χ0) is 27.4. The van der Waals surface area contributed by atoms with Crippen molar-refractivity contribution in [1.29, 1.82) is 0 Å². The summed E-state index contributed by atoms with van der Waals surface area (Å²) in [6.45, 7) is 9.83. The van der Waals surface area contributed by atoms with Crippen molar-refractivity contribution in [3.63, 3.8) is 0 Å². The molecule has 1 fully saturated rings. The van der Waals surface area contributed by atoms with Crippen LogP contribution < -0.4 is 16.0 Å². The Morgan fingerprint density at radius 1 is 1.05 bits per heavy atom. The van der Waals surface area contributed by atoms with E-state index < -0.39 is 5.82 Å². The molecule has 1 atom stereocenters. The minimum Gasteiger partial charge on any atom is -0.322 e. The monoisotopic (exact) mass is 524 g/mol. The normalized spacial score (nSPS) is 15.6. The largest absolute Gasteiger partial charge is 0.322 e. The summed E-state index contributed by atoms with van der Waals surface area (Å²) in [7, 11) is 0. The molecule has 3 aromatic carbocycles. The Kier molecular flexibility index (Phi) is 7.95. The summed E-state index contributed by atoms with van der Waals surface area (Å²) in [4.78, 5) is 24.3. The maximum atomic E-state index is 15.1. The molecule has 0 spiro atoms. The van der Waals surface area contributed by atoms with Crippen molar-refractivity contribution in [1.82, 2.24) is 20.2 Å². The summed E-state index contributed by atoms with van der Waals surface area (Å²) in [5.41, 5.74) is 5.87. The number of carbonyl (C=O) groups excluding carboxylic acids is 1. The molecule has 0 radical (unpaired) electrons. The highest BCUT2D eigenvalue weighted by Gasteiger charge is 2.19. The van der Waals surface area contributed by atoms with Gasteiger partial charge in [-0.3, -0.25) is 9.69 Å². The van der Waals surface area contributed by atoms with E-state index in [1.54, 1.807) is 12.3 Å². The standard InChI is InChI=1S/C31H33FN6O/c1-20-9-10-23(19-38-14-13-33-18-22(38)3)15-28(20)35-30(39)25-11-12-27(26(32)16-25)36-31-34-17-21(2)29(37-31)24-7-5-4-6-8-24/h4-12,15-17,22,33H,13-14,18-19H2,1-3H3,(H,35,39)(H,34,36,37). The molecule has 8 heteroatoms. The van der Waals surface area contributed by atoms with E-state index in [4.69, 9.17) is 0 Å². The molecule has 1 aromatic heterocycles. The fourth-order valence-corrected chi connectivity index (χ4v) is 4.72. The van der Waals surface area contributed by atoms with Crippen molar-refractivity contribution in [2.24, 2.45) is 0 Å². The van der Waals surface area contributed by atoms with Crippen LogP contribution in [0, 0.1) is 19.7 Å². The lowest BCUT2D eigenvalue weighted by molar-refractivity contribution is 0.102. The molecule has 1 saturated heterocycles. The van der Waals surface area contributed by atoms with E-state index in [-0.39, 0.29) is 23.1 Å². The number of nitrogens with one attached hydrogen (secondary N) is 3.